The predicted molar refractivity (Wildman–Crippen MR) is 196 cm³/mol. The minimum atomic E-state index is -0.689. The average Bonchev–Trinajstić information content (AvgIpc) is 3.71. The minimum absolute atomic E-state index is 0.101. The number of carboxylic acids is 1. The average molecular weight is 697 g/mol. The number of hydrogen-bond acceptors (Lipinski definition) is 9. The lowest BCUT2D eigenvalue weighted by Gasteiger charge is -2.02. The van der Waals surface area contributed by atoms with E-state index in [2.05, 4.69) is 51.6 Å². The van der Waals surface area contributed by atoms with E-state index in [0.717, 1.165) is 73.2 Å². The van der Waals surface area contributed by atoms with Gasteiger partial charge < -0.3 is 9.84 Å². The Morgan fingerprint density at radius 2 is 1.04 bits per heavy atom. The summed E-state index contributed by atoms with van der Waals surface area (Å²) >= 11 is 3.62. The van der Waals surface area contributed by atoms with Gasteiger partial charge in [-0.3, -0.25) is 19.0 Å². The van der Waals surface area contributed by atoms with E-state index in [9.17, 15) is 9.59 Å². The highest BCUT2D eigenvalue weighted by Gasteiger charge is 2.03. The number of aliphatic carboxylic acids is 1. The van der Waals surface area contributed by atoms with Crippen LogP contribution in [0.1, 0.15) is 141 Å². The van der Waals surface area contributed by atoms with Crippen molar-refractivity contribution in [3.05, 3.63) is 23.8 Å². The summed E-state index contributed by atoms with van der Waals surface area (Å²) in [5, 5.41) is 25.2. The van der Waals surface area contributed by atoms with Crippen molar-refractivity contribution >= 4 is 35.5 Å². The molecule has 47 heavy (non-hydrogen) atoms. The van der Waals surface area contributed by atoms with Crippen molar-refractivity contribution in [3.8, 4) is 0 Å². The van der Waals surface area contributed by atoms with Gasteiger partial charge >= 0.3 is 11.9 Å². The van der Waals surface area contributed by atoms with Gasteiger partial charge in [0.2, 0.25) is 0 Å². The SMILES string of the molecule is CCCn1cc(CCCCCCCCCSCCC(=O)O)nn1.CCCn1cc(CCCCCCCCCSCCC(=O)OC)nn1. The van der Waals surface area contributed by atoms with Crippen molar-refractivity contribution in [2.24, 2.45) is 0 Å². The second-order valence-electron chi connectivity index (χ2n) is 12.1. The highest BCUT2D eigenvalue weighted by Crippen LogP contribution is 2.14. The van der Waals surface area contributed by atoms with Crippen molar-refractivity contribution in [2.75, 3.05) is 30.1 Å². The summed E-state index contributed by atoms with van der Waals surface area (Å²) in [6.07, 6.45) is 27.2. The van der Waals surface area contributed by atoms with Crippen molar-refractivity contribution in [1.29, 1.82) is 0 Å². The van der Waals surface area contributed by atoms with Crippen LogP contribution in [0.3, 0.4) is 0 Å². The zero-order chi connectivity index (χ0) is 34.2. The Hall–Kier alpha value is -2.08. The molecule has 0 fully saturated rings. The lowest BCUT2D eigenvalue weighted by molar-refractivity contribution is -0.140. The van der Waals surface area contributed by atoms with Gasteiger partial charge in [-0.2, -0.15) is 23.5 Å². The summed E-state index contributed by atoms with van der Waals surface area (Å²) in [5.74, 6) is 3.10. The van der Waals surface area contributed by atoms with Gasteiger partial charge in [0.1, 0.15) is 0 Å². The molecule has 10 nitrogen and oxygen atoms in total. The Morgan fingerprint density at radius 1 is 0.638 bits per heavy atom. The van der Waals surface area contributed by atoms with Gasteiger partial charge in [-0.1, -0.05) is 88.5 Å². The Kier molecular flexibility index (Phi) is 28.5. The van der Waals surface area contributed by atoms with Gasteiger partial charge in [0, 0.05) is 37.0 Å². The number of methoxy groups -OCH3 is 1. The predicted octanol–water partition coefficient (Wildman–Crippen LogP) is 8.43. The molecule has 0 spiro atoms. The van der Waals surface area contributed by atoms with Crippen LogP contribution < -0.4 is 0 Å². The maximum atomic E-state index is 10.9. The highest BCUT2D eigenvalue weighted by atomic mass is 32.2. The number of rotatable bonds is 30. The molecular formula is C35H64N6O4S2. The third kappa shape index (κ3) is 26.5. The summed E-state index contributed by atoms with van der Waals surface area (Å²) in [5.41, 5.74) is 2.25. The van der Waals surface area contributed by atoms with E-state index in [1.807, 2.05) is 21.1 Å². The maximum absolute atomic E-state index is 10.9. The molecule has 270 valence electrons. The van der Waals surface area contributed by atoms with Gasteiger partial charge in [0.25, 0.3) is 0 Å². The molecule has 12 heteroatoms. The van der Waals surface area contributed by atoms with Gasteiger partial charge in [0.15, 0.2) is 0 Å². The number of esters is 1. The molecule has 1 N–H and O–H groups in total. The smallest absolute Gasteiger partial charge is 0.306 e. The van der Waals surface area contributed by atoms with Crippen LogP contribution in [0.5, 0.6) is 0 Å². The molecule has 0 aliphatic rings. The van der Waals surface area contributed by atoms with E-state index >= 15 is 0 Å². The molecule has 2 heterocycles. The molecule has 0 aliphatic heterocycles. The van der Waals surface area contributed by atoms with Gasteiger partial charge in [-0.05, 0) is 62.9 Å². The maximum Gasteiger partial charge on any atom is 0.306 e. The Labute approximate surface area is 293 Å². The van der Waals surface area contributed by atoms with E-state index in [1.165, 1.54) is 97.0 Å². The molecule has 2 aromatic rings. The first kappa shape index (κ1) is 42.9. The first-order valence-electron chi connectivity index (χ1n) is 18.2. The number of ether oxygens (including phenoxy) is 1. The number of hydrogen-bond donors (Lipinski definition) is 1. The van der Waals surface area contributed by atoms with Crippen LogP contribution >= 0.6 is 23.5 Å². The first-order valence-corrected chi connectivity index (χ1v) is 20.5. The zero-order valence-corrected chi connectivity index (χ0v) is 31.3. The Bertz CT molecular complexity index is 1020. The standard InChI is InChI=1S/C18H33N3O2S.C17H31N3O2S/c1-3-13-21-16-17(19-20-21)11-9-7-5-4-6-8-10-14-24-15-12-18(22)23-2;1-2-12-20-15-16(18-19-20)10-8-6-4-3-5-7-9-13-23-14-11-17(21)22/h16H,3-15H2,1-2H3;15H,2-14H2,1H3,(H,21,22). The quantitative estimate of drug-likeness (QED) is 0.0628. The largest absolute Gasteiger partial charge is 0.481 e. The van der Waals surface area contributed by atoms with Crippen molar-refractivity contribution in [2.45, 2.75) is 155 Å². The molecule has 0 radical (unpaired) electrons. The van der Waals surface area contributed by atoms with Gasteiger partial charge in [-0.15, -0.1) is 10.2 Å². The normalized spacial score (nSPS) is 11.0. The Balaban J connectivity index is 0.000000470. The Morgan fingerprint density at radius 3 is 1.45 bits per heavy atom. The summed E-state index contributed by atoms with van der Waals surface area (Å²) in [7, 11) is 1.45. The van der Waals surface area contributed by atoms with Crippen LogP contribution in [0.4, 0.5) is 0 Å². The zero-order valence-electron chi connectivity index (χ0n) is 29.7. The number of thioether (sulfide) groups is 2. The molecular weight excluding hydrogens is 633 g/mol. The number of unbranched alkanes of at least 4 members (excludes halogenated alkanes) is 12. The second kappa shape index (κ2) is 31.2. The molecule has 0 aliphatic carbocycles. The van der Waals surface area contributed by atoms with Crippen molar-refractivity contribution in [3.63, 3.8) is 0 Å². The topological polar surface area (TPSA) is 125 Å². The van der Waals surface area contributed by atoms with Crippen molar-refractivity contribution < 1.29 is 19.4 Å². The molecule has 0 unspecified atom stereocenters. The van der Waals surface area contributed by atoms with Crippen LogP contribution in [0, 0.1) is 0 Å². The van der Waals surface area contributed by atoms with Crippen LogP contribution in [0.15, 0.2) is 12.4 Å². The summed E-state index contributed by atoms with van der Waals surface area (Å²) in [4.78, 5) is 21.3. The highest BCUT2D eigenvalue weighted by molar-refractivity contribution is 7.99. The number of carbonyl (C=O) groups excluding carboxylic acids is 1. The molecule has 0 atom stereocenters. The molecule has 0 saturated carbocycles. The molecule has 2 aromatic heterocycles. The van der Waals surface area contributed by atoms with Gasteiger partial charge in [-0.25, -0.2) is 0 Å². The fourth-order valence-corrected chi connectivity index (χ4v) is 6.85. The van der Waals surface area contributed by atoms with E-state index in [1.54, 1.807) is 11.8 Å². The fourth-order valence-electron chi connectivity index (χ4n) is 4.99. The number of aryl methyl sites for hydroxylation is 4. The third-order valence-corrected chi connectivity index (χ3v) is 9.80. The van der Waals surface area contributed by atoms with E-state index in [-0.39, 0.29) is 12.4 Å². The first-order chi connectivity index (χ1) is 23.0. The van der Waals surface area contributed by atoms with Crippen molar-refractivity contribution in [1.82, 2.24) is 30.0 Å². The lowest BCUT2D eigenvalue weighted by atomic mass is 10.1. The molecule has 0 aromatic carbocycles. The second-order valence-corrected chi connectivity index (χ2v) is 14.5. The van der Waals surface area contributed by atoms with Crippen LogP contribution in [0.2, 0.25) is 0 Å². The van der Waals surface area contributed by atoms with E-state index in [4.69, 9.17) is 5.11 Å². The monoisotopic (exact) mass is 696 g/mol. The van der Waals surface area contributed by atoms with E-state index < -0.39 is 5.97 Å². The number of aromatic nitrogens is 6. The lowest BCUT2D eigenvalue weighted by Crippen LogP contribution is -2.01. The van der Waals surface area contributed by atoms with Gasteiger partial charge in [0.05, 0.1) is 31.3 Å². The summed E-state index contributed by atoms with van der Waals surface area (Å²) in [6, 6.07) is 0. The summed E-state index contributed by atoms with van der Waals surface area (Å²) in [6.45, 7) is 6.23. The summed E-state index contributed by atoms with van der Waals surface area (Å²) < 4.78 is 8.50. The van der Waals surface area contributed by atoms with Crippen LogP contribution in [0.25, 0.3) is 0 Å². The minimum Gasteiger partial charge on any atom is -0.481 e. The molecule has 0 bridgehead atoms. The molecule has 0 amide bonds. The third-order valence-electron chi connectivity index (χ3n) is 7.66. The number of carbonyl (C=O) groups is 2. The molecule has 0 saturated heterocycles. The van der Waals surface area contributed by atoms with Crippen LogP contribution in [-0.4, -0.2) is 77.2 Å². The fraction of sp³-hybridized carbons (Fsp3) is 0.829. The van der Waals surface area contributed by atoms with Crippen LogP contribution in [-0.2, 0) is 40.3 Å². The molecule has 2 rings (SSSR count). The number of carboxylic acid groups (broad SMARTS) is 1. The van der Waals surface area contributed by atoms with E-state index in [0.29, 0.717) is 6.42 Å². The number of nitrogens with zero attached hydrogens (tertiary/aromatic N) is 6.